The van der Waals surface area contributed by atoms with E-state index in [2.05, 4.69) is 25.3 Å². The predicted molar refractivity (Wildman–Crippen MR) is 118 cm³/mol. The fourth-order valence-corrected chi connectivity index (χ4v) is 2.72. The second-order valence-corrected chi connectivity index (χ2v) is 6.89. The number of amides is 2. The maximum atomic E-state index is 12.4. The summed E-state index contributed by atoms with van der Waals surface area (Å²) in [5.74, 6) is 0.0518. The molecule has 2 amide bonds. The molecule has 0 bridgehead atoms. The van der Waals surface area contributed by atoms with Gasteiger partial charge in [0.1, 0.15) is 11.4 Å². The fourth-order valence-electron chi connectivity index (χ4n) is 2.72. The highest BCUT2D eigenvalue weighted by molar-refractivity contribution is 5.93. The molecule has 0 spiro atoms. The Hall–Kier alpha value is -3.88. The molecular formula is C22H25N7O2. The molecule has 3 rings (SSSR count). The van der Waals surface area contributed by atoms with Gasteiger partial charge >= 0.3 is 0 Å². The first-order valence-corrected chi connectivity index (χ1v) is 9.96. The lowest BCUT2D eigenvalue weighted by atomic mass is 10.1. The molecule has 0 radical (unpaired) electrons. The Morgan fingerprint density at radius 3 is 2.06 bits per heavy atom. The van der Waals surface area contributed by atoms with Crippen molar-refractivity contribution in [2.24, 2.45) is 0 Å². The first-order chi connectivity index (χ1) is 14.9. The van der Waals surface area contributed by atoms with E-state index < -0.39 is 0 Å². The molecule has 0 aromatic carbocycles. The summed E-state index contributed by atoms with van der Waals surface area (Å²) in [6.45, 7) is 4.99. The average Bonchev–Trinajstić information content (AvgIpc) is 2.82. The summed E-state index contributed by atoms with van der Waals surface area (Å²) < 4.78 is 0. The molecule has 9 heteroatoms. The second kappa shape index (κ2) is 9.75. The summed E-state index contributed by atoms with van der Waals surface area (Å²) in [6.07, 6.45) is 4.78. The van der Waals surface area contributed by atoms with Crippen molar-refractivity contribution in [1.82, 2.24) is 29.7 Å². The minimum Gasteiger partial charge on any atom is -0.341 e. The van der Waals surface area contributed by atoms with Crippen molar-refractivity contribution in [3.8, 4) is 11.3 Å². The molecule has 0 atom stereocenters. The molecule has 3 aromatic rings. The van der Waals surface area contributed by atoms with Crippen molar-refractivity contribution in [3.05, 3.63) is 60.3 Å². The van der Waals surface area contributed by atoms with Crippen LogP contribution in [-0.4, -0.2) is 68.7 Å². The highest BCUT2D eigenvalue weighted by Gasteiger charge is 2.14. The maximum absolute atomic E-state index is 12.4. The van der Waals surface area contributed by atoms with Crippen LogP contribution in [0, 0.1) is 0 Å². The van der Waals surface area contributed by atoms with Gasteiger partial charge in [0.05, 0.1) is 5.69 Å². The Labute approximate surface area is 181 Å². The zero-order chi connectivity index (χ0) is 22.4. The number of hydrogen-bond acceptors (Lipinski definition) is 7. The molecule has 3 aromatic heterocycles. The van der Waals surface area contributed by atoms with Crippen LogP contribution < -0.4 is 5.32 Å². The van der Waals surface area contributed by atoms with Gasteiger partial charge in [-0.25, -0.2) is 9.97 Å². The molecule has 0 aliphatic carbocycles. The SMILES string of the molecule is CCN(C)C(=O)c1cc(Nc2nccc(-c3ccnc(C(=O)N(C)CC)c3)n2)ccn1. The number of aromatic nitrogens is 4. The van der Waals surface area contributed by atoms with Crippen LogP contribution in [0.3, 0.4) is 0 Å². The van der Waals surface area contributed by atoms with Crippen LogP contribution in [0.2, 0.25) is 0 Å². The Morgan fingerprint density at radius 2 is 1.42 bits per heavy atom. The number of nitrogens with one attached hydrogen (secondary N) is 1. The van der Waals surface area contributed by atoms with Gasteiger partial charge in [-0.3, -0.25) is 19.6 Å². The summed E-state index contributed by atoms with van der Waals surface area (Å²) in [4.78, 5) is 45.0. The highest BCUT2D eigenvalue weighted by Crippen LogP contribution is 2.20. The lowest BCUT2D eigenvalue weighted by Gasteiger charge is -2.14. The zero-order valence-corrected chi connectivity index (χ0v) is 18.0. The average molecular weight is 419 g/mol. The van der Waals surface area contributed by atoms with E-state index in [0.29, 0.717) is 41.8 Å². The van der Waals surface area contributed by atoms with Gasteiger partial charge in [-0.05, 0) is 44.2 Å². The third-order valence-corrected chi connectivity index (χ3v) is 4.81. The van der Waals surface area contributed by atoms with Crippen LogP contribution in [-0.2, 0) is 0 Å². The molecule has 31 heavy (non-hydrogen) atoms. The van der Waals surface area contributed by atoms with Crippen LogP contribution in [0.1, 0.15) is 34.8 Å². The number of pyridine rings is 2. The summed E-state index contributed by atoms with van der Waals surface area (Å²) >= 11 is 0. The summed E-state index contributed by atoms with van der Waals surface area (Å²) in [5, 5.41) is 3.11. The lowest BCUT2D eigenvalue weighted by molar-refractivity contribution is 0.0789. The monoisotopic (exact) mass is 419 g/mol. The van der Waals surface area contributed by atoms with Gasteiger partial charge in [-0.1, -0.05) is 0 Å². The van der Waals surface area contributed by atoms with E-state index in [0.717, 1.165) is 5.56 Å². The molecule has 0 fully saturated rings. The van der Waals surface area contributed by atoms with E-state index in [9.17, 15) is 9.59 Å². The van der Waals surface area contributed by atoms with Gasteiger partial charge in [0, 0.05) is 57.0 Å². The Bertz CT molecular complexity index is 1090. The van der Waals surface area contributed by atoms with E-state index >= 15 is 0 Å². The lowest BCUT2D eigenvalue weighted by Crippen LogP contribution is -2.27. The van der Waals surface area contributed by atoms with Gasteiger partial charge in [-0.15, -0.1) is 0 Å². The van der Waals surface area contributed by atoms with Crippen molar-refractivity contribution in [2.75, 3.05) is 32.5 Å². The molecular weight excluding hydrogens is 394 g/mol. The zero-order valence-electron chi connectivity index (χ0n) is 18.0. The van der Waals surface area contributed by atoms with Crippen molar-refractivity contribution in [3.63, 3.8) is 0 Å². The van der Waals surface area contributed by atoms with Gasteiger partial charge in [0.25, 0.3) is 11.8 Å². The standard InChI is InChI=1S/C22H25N7O2/c1-5-28(3)20(30)18-13-15(7-10-23-18)17-9-12-25-22(27-17)26-16-8-11-24-19(14-16)21(31)29(4)6-2/h7-14H,5-6H2,1-4H3,(H,24,25,26,27). The topological polar surface area (TPSA) is 104 Å². The van der Waals surface area contributed by atoms with Crippen molar-refractivity contribution < 1.29 is 9.59 Å². The molecule has 0 unspecified atom stereocenters. The Kier molecular flexibility index (Phi) is 6.86. The van der Waals surface area contributed by atoms with E-state index in [1.807, 2.05) is 13.8 Å². The molecule has 160 valence electrons. The van der Waals surface area contributed by atoms with E-state index in [4.69, 9.17) is 0 Å². The number of carbonyl (C=O) groups excluding carboxylic acids is 2. The maximum Gasteiger partial charge on any atom is 0.272 e. The van der Waals surface area contributed by atoms with Crippen LogP contribution in [0.25, 0.3) is 11.3 Å². The number of carbonyl (C=O) groups is 2. The molecule has 0 saturated heterocycles. The summed E-state index contributed by atoms with van der Waals surface area (Å²) in [6, 6.07) is 8.66. The number of rotatable bonds is 7. The smallest absolute Gasteiger partial charge is 0.272 e. The largest absolute Gasteiger partial charge is 0.341 e. The van der Waals surface area contributed by atoms with Crippen LogP contribution >= 0.6 is 0 Å². The highest BCUT2D eigenvalue weighted by atomic mass is 16.2. The third kappa shape index (κ3) is 5.19. The van der Waals surface area contributed by atoms with Crippen LogP contribution in [0.4, 0.5) is 11.6 Å². The second-order valence-electron chi connectivity index (χ2n) is 6.89. The van der Waals surface area contributed by atoms with Gasteiger partial charge in [0.15, 0.2) is 0 Å². The minimum atomic E-state index is -0.160. The predicted octanol–water partition coefficient (Wildman–Crippen LogP) is 2.86. The van der Waals surface area contributed by atoms with Crippen molar-refractivity contribution in [1.29, 1.82) is 0 Å². The van der Waals surface area contributed by atoms with Gasteiger partial charge < -0.3 is 15.1 Å². The molecule has 0 aliphatic rings. The van der Waals surface area contributed by atoms with Crippen molar-refractivity contribution >= 4 is 23.5 Å². The number of hydrogen-bond donors (Lipinski definition) is 1. The van der Waals surface area contributed by atoms with E-state index in [1.54, 1.807) is 72.8 Å². The van der Waals surface area contributed by atoms with E-state index in [1.165, 1.54) is 0 Å². The first kappa shape index (κ1) is 21.8. The first-order valence-electron chi connectivity index (χ1n) is 9.96. The van der Waals surface area contributed by atoms with Gasteiger partial charge in [-0.2, -0.15) is 0 Å². The van der Waals surface area contributed by atoms with Crippen LogP contribution in [0.15, 0.2) is 48.9 Å². The van der Waals surface area contributed by atoms with E-state index in [-0.39, 0.29) is 11.8 Å². The van der Waals surface area contributed by atoms with Crippen LogP contribution in [0.5, 0.6) is 0 Å². The minimum absolute atomic E-state index is 0.150. The number of anilines is 2. The van der Waals surface area contributed by atoms with Crippen molar-refractivity contribution in [2.45, 2.75) is 13.8 Å². The third-order valence-electron chi connectivity index (χ3n) is 4.81. The Morgan fingerprint density at radius 1 is 0.839 bits per heavy atom. The molecule has 3 heterocycles. The Balaban J connectivity index is 1.84. The summed E-state index contributed by atoms with van der Waals surface area (Å²) in [7, 11) is 3.46. The molecule has 0 saturated carbocycles. The normalized spacial score (nSPS) is 10.5. The fraction of sp³-hybridized carbons (Fsp3) is 0.273. The number of nitrogens with zero attached hydrogens (tertiary/aromatic N) is 6. The quantitative estimate of drug-likeness (QED) is 0.628. The molecule has 9 nitrogen and oxygen atoms in total. The molecule has 0 aliphatic heterocycles. The molecule has 1 N–H and O–H groups in total. The van der Waals surface area contributed by atoms with Gasteiger partial charge in [0.2, 0.25) is 5.95 Å². The summed E-state index contributed by atoms with van der Waals surface area (Å²) in [5.41, 5.74) is 2.73.